The van der Waals surface area contributed by atoms with Crippen molar-refractivity contribution in [2.45, 2.75) is 13.0 Å². The van der Waals surface area contributed by atoms with Crippen LogP contribution in [0.5, 0.6) is 0 Å². The van der Waals surface area contributed by atoms with Crippen molar-refractivity contribution in [3.05, 3.63) is 29.8 Å². The Labute approximate surface area is 89.9 Å². The van der Waals surface area contributed by atoms with Crippen molar-refractivity contribution in [3.63, 3.8) is 0 Å². The second-order valence-electron chi connectivity index (χ2n) is 3.78. The molecule has 1 heterocycles. The Hall–Kier alpha value is -1.53. The predicted molar refractivity (Wildman–Crippen MR) is 58.8 cm³/mol. The summed E-state index contributed by atoms with van der Waals surface area (Å²) in [4.78, 5) is 2.31. The number of hydrogen-bond acceptors (Lipinski definition) is 3. The van der Waals surface area contributed by atoms with Gasteiger partial charge in [-0.2, -0.15) is 5.26 Å². The van der Waals surface area contributed by atoms with Crippen molar-refractivity contribution in [1.82, 2.24) is 0 Å². The Kier molecular flexibility index (Phi) is 2.89. The number of anilines is 1. The third-order valence-electron chi connectivity index (χ3n) is 2.70. The van der Waals surface area contributed by atoms with Crippen LogP contribution in [-0.4, -0.2) is 25.8 Å². The minimum absolute atomic E-state index is 0.409. The summed E-state index contributed by atoms with van der Waals surface area (Å²) in [6, 6.07) is 10.3. The Balaban J connectivity index is 2.18. The van der Waals surface area contributed by atoms with E-state index in [1.165, 1.54) is 5.69 Å². The first-order chi connectivity index (χ1) is 7.31. The Morgan fingerprint density at radius 1 is 1.40 bits per heavy atom. The number of rotatable bonds is 1. The molecule has 1 fully saturated rings. The summed E-state index contributed by atoms with van der Waals surface area (Å²) in [7, 11) is 0. The summed E-state index contributed by atoms with van der Waals surface area (Å²) in [6.45, 7) is 4.63. The fourth-order valence-electron chi connectivity index (χ4n) is 1.84. The van der Waals surface area contributed by atoms with E-state index in [1.807, 2.05) is 24.3 Å². The molecule has 0 radical (unpaired) electrons. The van der Waals surface area contributed by atoms with Crippen molar-refractivity contribution < 1.29 is 4.74 Å². The third-order valence-corrected chi connectivity index (χ3v) is 2.70. The van der Waals surface area contributed by atoms with Gasteiger partial charge in [0.25, 0.3) is 0 Å². The normalized spacial score (nSPS) is 21.1. The maximum Gasteiger partial charge on any atom is 0.0991 e. The maximum absolute atomic E-state index is 8.71. The van der Waals surface area contributed by atoms with E-state index in [-0.39, 0.29) is 0 Å². The highest BCUT2D eigenvalue weighted by molar-refractivity contribution is 5.50. The molecule has 0 bridgehead atoms. The molecule has 0 saturated carbocycles. The average molecular weight is 202 g/mol. The smallest absolute Gasteiger partial charge is 0.0991 e. The Bertz CT molecular complexity index is 366. The summed E-state index contributed by atoms with van der Waals surface area (Å²) >= 11 is 0. The third kappa shape index (κ3) is 2.11. The molecule has 3 nitrogen and oxygen atoms in total. The Morgan fingerprint density at radius 2 is 2.13 bits per heavy atom. The lowest BCUT2D eigenvalue weighted by Crippen LogP contribution is -2.43. The second-order valence-corrected chi connectivity index (χ2v) is 3.78. The van der Waals surface area contributed by atoms with Crippen LogP contribution in [-0.2, 0) is 4.74 Å². The van der Waals surface area contributed by atoms with E-state index in [1.54, 1.807) is 0 Å². The zero-order chi connectivity index (χ0) is 10.7. The van der Waals surface area contributed by atoms with Crippen molar-refractivity contribution in [2.75, 3.05) is 24.7 Å². The summed E-state index contributed by atoms with van der Waals surface area (Å²) in [5.74, 6) is 0. The molecule has 0 N–H and O–H groups in total. The molecule has 0 spiro atoms. The summed E-state index contributed by atoms with van der Waals surface area (Å²) in [6.07, 6.45) is 0. The molecular formula is C12H14N2O. The number of ether oxygens (including phenoxy) is 1. The van der Waals surface area contributed by atoms with E-state index in [0.29, 0.717) is 11.6 Å². The van der Waals surface area contributed by atoms with Gasteiger partial charge < -0.3 is 9.64 Å². The largest absolute Gasteiger partial charge is 0.377 e. The van der Waals surface area contributed by atoms with Gasteiger partial charge in [-0.05, 0) is 31.2 Å². The highest BCUT2D eigenvalue weighted by atomic mass is 16.5. The molecule has 0 aliphatic carbocycles. The van der Waals surface area contributed by atoms with Gasteiger partial charge in [0.2, 0.25) is 0 Å². The lowest BCUT2D eigenvalue weighted by molar-refractivity contribution is 0.0989. The van der Waals surface area contributed by atoms with E-state index in [2.05, 4.69) is 17.9 Å². The van der Waals surface area contributed by atoms with E-state index < -0.39 is 0 Å². The molecule has 2 rings (SSSR count). The molecule has 1 atom stereocenters. The van der Waals surface area contributed by atoms with Crippen LogP contribution in [0.25, 0.3) is 0 Å². The fraction of sp³-hybridized carbons (Fsp3) is 0.417. The average Bonchev–Trinajstić information content (AvgIpc) is 2.30. The lowest BCUT2D eigenvalue weighted by atomic mass is 10.1. The molecule has 0 amide bonds. The van der Waals surface area contributed by atoms with Crippen LogP contribution in [0.2, 0.25) is 0 Å². The van der Waals surface area contributed by atoms with Crippen LogP contribution < -0.4 is 4.90 Å². The molecular weight excluding hydrogens is 188 g/mol. The molecule has 0 aromatic heterocycles. The SMILES string of the molecule is C[C@@H]1COCCN1c1ccc(C#N)cc1. The van der Waals surface area contributed by atoms with Gasteiger partial charge in [0.05, 0.1) is 24.8 Å². The molecule has 0 unspecified atom stereocenters. The van der Waals surface area contributed by atoms with E-state index >= 15 is 0 Å². The zero-order valence-electron chi connectivity index (χ0n) is 8.81. The topological polar surface area (TPSA) is 36.3 Å². The first-order valence-electron chi connectivity index (χ1n) is 5.16. The molecule has 3 heteroatoms. The molecule has 78 valence electrons. The van der Waals surface area contributed by atoms with Gasteiger partial charge in [-0.15, -0.1) is 0 Å². The highest BCUT2D eigenvalue weighted by Gasteiger charge is 2.18. The number of hydrogen-bond donors (Lipinski definition) is 0. The van der Waals surface area contributed by atoms with Crippen LogP contribution in [0.4, 0.5) is 5.69 Å². The fourth-order valence-corrected chi connectivity index (χ4v) is 1.84. The van der Waals surface area contributed by atoms with Crippen molar-refractivity contribution >= 4 is 5.69 Å². The van der Waals surface area contributed by atoms with Gasteiger partial charge in [0, 0.05) is 18.3 Å². The van der Waals surface area contributed by atoms with Crippen LogP contribution in [0.1, 0.15) is 12.5 Å². The lowest BCUT2D eigenvalue weighted by Gasteiger charge is -2.35. The van der Waals surface area contributed by atoms with Crippen molar-refractivity contribution in [2.24, 2.45) is 0 Å². The molecule has 1 aliphatic heterocycles. The van der Waals surface area contributed by atoms with E-state index in [4.69, 9.17) is 10.00 Å². The molecule has 1 aromatic rings. The van der Waals surface area contributed by atoms with Gasteiger partial charge in [-0.1, -0.05) is 0 Å². The molecule has 1 aliphatic rings. The summed E-state index contributed by atoms with van der Waals surface area (Å²) in [5.41, 5.74) is 1.88. The van der Waals surface area contributed by atoms with Gasteiger partial charge >= 0.3 is 0 Å². The zero-order valence-corrected chi connectivity index (χ0v) is 8.81. The predicted octanol–water partition coefficient (Wildman–Crippen LogP) is 1.78. The van der Waals surface area contributed by atoms with Crippen LogP contribution in [0, 0.1) is 11.3 Å². The Morgan fingerprint density at radius 3 is 2.73 bits per heavy atom. The minimum Gasteiger partial charge on any atom is -0.377 e. The van der Waals surface area contributed by atoms with E-state index in [9.17, 15) is 0 Å². The minimum atomic E-state index is 0.409. The van der Waals surface area contributed by atoms with Crippen LogP contribution in [0.15, 0.2) is 24.3 Å². The van der Waals surface area contributed by atoms with Crippen molar-refractivity contribution in [3.8, 4) is 6.07 Å². The van der Waals surface area contributed by atoms with E-state index in [0.717, 1.165) is 19.8 Å². The molecule has 1 saturated heterocycles. The number of morpholine rings is 1. The molecule has 1 aromatic carbocycles. The van der Waals surface area contributed by atoms with Gasteiger partial charge in [0.1, 0.15) is 0 Å². The summed E-state index contributed by atoms with van der Waals surface area (Å²) < 4.78 is 5.38. The number of nitriles is 1. The second kappa shape index (κ2) is 4.33. The van der Waals surface area contributed by atoms with Crippen LogP contribution >= 0.6 is 0 Å². The van der Waals surface area contributed by atoms with Gasteiger partial charge in [0.15, 0.2) is 0 Å². The first-order valence-corrected chi connectivity index (χ1v) is 5.16. The maximum atomic E-state index is 8.71. The van der Waals surface area contributed by atoms with Gasteiger partial charge in [-0.25, -0.2) is 0 Å². The van der Waals surface area contributed by atoms with Gasteiger partial charge in [-0.3, -0.25) is 0 Å². The standard InChI is InChI=1S/C12H14N2O/c1-10-9-15-7-6-14(10)12-4-2-11(8-13)3-5-12/h2-5,10H,6-7,9H2,1H3/t10-/m1/s1. The van der Waals surface area contributed by atoms with Crippen molar-refractivity contribution in [1.29, 1.82) is 5.26 Å². The monoisotopic (exact) mass is 202 g/mol. The van der Waals surface area contributed by atoms with Crippen LogP contribution in [0.3, 0.4) is 0 Å². The molecule has 15 heavy (non-hydrogen) atoms. The quantitative estimate of drug-likeness (QED) is 0.696. The first kappa shape index (κ1) is 10.0. The highest BCUT2D eigenvalue weighted by Crippen LogP contribution is 2.19. The number of nitrogens with zero attached hydrogens (tertiary/aromatic N) is 2. The summed E-state index contributed by atoms with van der Waals surface area (Å²) in [5, 5.41) is 8.71. The number of benzene rings is 1.